The van der Waals surface area contributed by atoms with Crippen LogP contribution < -0.4 is 4.13 Å². The lowest BCUT2D eigenvalue weighted by atomic mass is 10.3. The fourth-order valence-corrected chi connectivity index (χ4v) is 4.02. The summed E-state index contributed by atoms with van der Waals surface area (Å²) in [6, 6.07) is 0. The molecule has 150 valence electrons. The second kappa shape index (κ2) is 8.09. The largest absolute Gasteiger partial charge is 0.444 e. The number of nitrogens with one attached hydrogen (secondary N) is 1. The molecule has 8 nitrogen and oxygen atoms in total. The molecule has 0 saturated carbocycles. The van der Waals surface area contributed by atoms with Gasteiger partial charge in [-0.25, -0.2) is 16.8 Å². The van der Waals surface area contributed by atoms with Crippen molar-refractivity contribution in [2.75, 3.05) is 25.9 Å². The lowest BCUT2D eigenvalue weighted by molar-refractivity contribution is -0.258. The third kappa shape index (κ3) is 6.99. The first-order valence-electron chi connectivity index (χ1n) is 6.57. The molecule has 0 bridgehead atoms. The molecule has 15 heteroatoms. The Labute approximate surface area is 141 Å². The molecule has 0 aliphatic heterocycles. The Bertz CT molecular complexity index is 672. The highest BCUT2D eigenvalue weighted by Crippen LogP contribution is 2.38. The minimum atomic E-state index is -6.37. The van der Waals surface area contributed by atoms with Gasteiger partial charge in [-0.05, 0) is 13.1 Å². The van der Waals surface area contributed by atoms with Gasteiger partial charge in [0.25, 0.3) is 16.1 Å². The van der Waals surface area contributed by atoms with Gasteiger partial charge in [0.05, 0.1) is 12.8 Å². The van der Waals surface area contributed by atoms with Gasteiger partial charge in [0.1, 0.15) is 0 Å². The monoisotopic (exact) mass is 420 g/mol. The van der Waals surface area contributed by atoms with E-state index in [1.54, 1.807) is 0 Å². The predicted molar refractivity (Wildman–Crippen MR) is 75.6 cm³/mol. The Morgan fingerprint density at radius 3 is 1.84 bits per heavy atom. The van der Waals surface area contributed by atoms with Gasteiger partial charge < -0.3 is 4.74 Å². The number of halogens is 5. The van der Waals surface area contributed by atoms with Crippen LogP contribution in [0.4, 0.5) is 22.0 Å². The van der Waals surface area contributed by atoms with Crippen LogP contribution in [0.25, 0.3) is 0 Å². The van der Waals surface area contributed by atoms with Crippen LogP contribution in [0, 0.1) is 0 Å². The highest BCUT2D eigenvalue weighted by molar-refractivity contribution is 8.04. The number of ether oxygens (including phenoxy) is 1. The molecule has 25 heavy (non-hydrogen) atoms. The summed E-state index contributed by atoms with van der Waals surface area (Å²) in [6.07, 6.45) is -10.2. The number of hydrogen-bond acceptors (Lipinski definition) is 7. The van der Waals surface area contributed by atoms with Crippen molar-refractivity contribution in [3.05, 3.63) is 0 Å². The van der Waals surface area contributed by atoms with Gasteiger partial charge in [0, 0.05) is 0 Å². The van der Waals surface area contributed by atoms with E-state index < -0.39 is 50.1 Å². The molecule has 0 aliphatic carbocycles. The maximum atomic E-state index is 13.8. The fraction of sp³-hybridized carbons (Fsp3) is 0.900. The summed E-state index contributed by atoms with van der Waals surface area (Å²) in [7, 11) is -11.2. The normalized spacial score (nSPS) is 15.2. The van der Waals surface area contributed by atoms with E-state index in [-0.39, 0.29) is 19.3 Å². The maximum Gasteiger partial charge on any atom is 0.432 e. The van der Waals surface area contributed by atoms with Crippen molar-refractivity contribution >= 4 is 26.0 Å². The van der Waals surface area contributed by atoms with Gasteiger partial charge in [0.2, 0.25) is 10.0 Å². The van der Waals surface area contributed by atoms with Gasteiger partial charge in [0.15, 0.2) is 0 Å². The van der Waals surface area contributed by atoms with E-state index in [0.29, 0.717) is 4.13 Å². The first kappa shape index (κ1) is 23.9. The van der Waals surface area contributed by atoms with Gasteiger partial charge in [-0.2, -0.15) is 22.0 Å². The Kier molecular flexibility index (Phi) is 7.75. The highest BCUT2D eigenvalue weighted by Gasteiger charge is 2.66. The van der Waals surface area contributed by atoms with Crippen LogP contribution in [-0.2, 0) is 29.6 Å². The van der Waals surface area contributed by atoms with Crippen molar-refractivity contribution < 1.29 is 48.3 Å². The molecule has 0 spiro atoms. The fourth-order valence-electron chi connectivity index (χ4n) is 1.52. The molecule has 0 aromatic rings. The lowest BCUT2D eigenvalue weighted by Crippen LogP contribution is -2.56. The quantitative estimate of drug-likeness (QED) is 0.421. The standard InChI is InChI=1S/C10H17F5N2O6S2/c1-4-17(5-2)6-7(18)23-8(9(11,12)13)10(14,15)25(21,22)16-24(3,19)20/h8,16H,4-6H2,1-3H3. The Hall–Kier alpha value is -1.06. The molecule has 0 rings (SSSR count). The van der Waals surface area contributed by atoms with Crippen molar-refractivity contribution in [1.29, 1.82) is 0 Å². The summed E-state index contributed by atoms with van der Waals surface area (Å²) in [5, 5.41) is -5.78. The first-order valence-corrected chi connectivity index (χ1v) is 9.94. The predicted octanol–water partition coefficient (Wildman–Crippen LogP) is 0.274. The van der Waals surface area contributed by atoms with Crippen LogP contribution in [0.5, 0.6) is 0 Å². The number of nitrogens with zero attached hydrogens (tertiary/aromatic N) is 1. The van der Waals surface area contributed by atoms with Crippen molar-refractivity contribution in [3.63, 3.8) is 0 Å². The molecular weight excluding hydrogens is 403 g/mol. The van der Waals surface area contributed by atoms with Crippen LogP contribution in [-0.4, -0.2) is 71.1 Å². The summed E-state index contributed by atoms with van der Waals surface area (Å²) in [5.74, 6) is -1.75. The molecular formula is C10H17F5N2O6S2. The minimum Gasteiger partial charge on any atom is -0.444 e. The van der Waals surface area contributed by atoms with E-state index in [2.05, 4.69) is 4.74 Å². The molecule has 1 unspecified atom stereocenters. The van der Waals surface area contributed by atoms with Crippen LogP contribution in [0.2, 0.25) is 0 Å². The Balaban J connectivity index is 5.71. The van der Waals surface area contributed by atoms with Gasteiger partial charge in [-0.1, -0.05) is 13.8 Å². The van der Waals surface area contributed by atoms with Crippen LogP contribution in [0.3, 0.4) is 0 Å². The van der Waals surface area contributed by atoms with Crippen molar-refractivity contribution in [1.82, 2.24) is 9.03 Å². The van der Waals surface area contributed by atoms with E-state index in [1.165, 1.54) is 18.7 Å². The molecule has 1 N–H and O–H groups in total. The SMILES string of the molecule is CCN(CC)CC(=O)OC(C(F)(F)F)C(F)(F)S(=O)(=O)NS(C)(=O)=O. The van der Waals surface area contributed by atoms with Crippen molar-refractivity contribution in [2.45, 2.75) is 31.4 Å². The summed E-state index contributed by atoms with van der Waals surface area (Å²) >= 11 is 0. The van der Waals surface area contributed by atoms with Crippen molar-refractivity contribution in [2.24, 2.45) is 0 Å². The summed E-state index contributed by atoms with van der Waals surface area (Å²) in [6.45, 7) is 2.65. The number of likely N-dealkylation sites (N-methyl/N-ethyl adjacent to an activating group) is 1. The third-order valence-electron chi connectivity index (χ3n) is 2.72. The van der Waals surface area contributed by atoms with Crippen molar-refractivity contribution in [3.8, 4) is 0 Å². The number of esters is 1. The van der Waals surface area contributed by atoms with Crippen LogP contribution in [0.15, 0.2) is 0 Å². The number of carbonyl (C=O) groups is 1. The molecule has 0 aromatic carbocycles. The Morgan fingerprint density at radius 2 is 1.52 bits per heavy atom. The number of carbonyl (C=O) groups excluding carboxylic acids is 1. The number of alkyl halides is 5. The van der Waals surface area contributed by atoms with Gasteiger partial charge in [-0.3, -0.25) is 9.69 Å². The lowest BCUT2D eigenvalue weighted by Gasteiger charge is -2.28. The zero-order valence-electron chi connectivity index (χ0n) is 13.3. The molecule has 0 fully saturated rings. The van der Waals surface area contributed by atoms with Gasteiger partial charge in [-0.15, -0.1) is 4.13 Å². The van der Waals surface area contributed by atoms with Crippen LogP contribution in [0.1, 0.15) is 13.8 Å². The second-order valence-corrected chi connectivity index (χ2v) is 8.56. The van der Waals surface area contributed by atoms with Gasteiger partial charge >= 0.3 is 17.4 Å². The zero-order valence-corrected chi connectivity index (χ0v) is 14.9. The van der Waals surface area contributed by atoms with E-state index in [1.807, 2.05) is 0 Å². The maximum absolute atomic E-state index is 13.8. The number of rotatable bonds is 9. The Morgan fingerprint density at radius 1 is 1.08 bits per heavy atom. The smallest absolute Gasteiger partial charge is 0.432 e. The molecule has 0 saturated heterocycles. The third-order valence-corrected chi connectivity index (χ3v) is 5.74. The minimum absolute atomic E-state index is 0.148. The molecule has 1 atom stereocenters. The molecule has 0 amide bonds. The molecule has 0 aliphatic rings. The van der Waals surface area contributed by atoms with Crippen LogP contribution >= 0.6 is 0 Å². The number of sulfonamides is 2. The molecule has 0 aromatic heterocycles. The topological polar surface area (TPSA) is 110 Å². The highest BCUT2D eigenvalue weighted by atomic mass is 32.3. The number of hydrogen-bond donors (Lipinski definition) is 1. The van der Waals surface area contributed by atoms with E-state index in [0.717, 1.165) is 0 Å². The summed E-state index contributed by atoms with van der Waals surface area (Å²) in [5.41, 5.74) is 0. The summed E-state index contributed by atoms with van der Waals surface area (Å²) in [4.78, 5) is 12.7. The first-order chi connectivity index (χ1) is 11.0. The summed E-state index contributed by atoms with van der Waals surface area (Å²) < 4.78 is 114. The average molecular weight is 420 g/mol. The second-order valence-electron chi connectivity index (χ2n) is 4.79. The van der Waals surface area contributed by atoms with E-state index >= 15 is 0 Å². The molecule has 0 radical (unpaired) electrons. The molecule has 0 heterocycles. The van der Waals surface area contributed by atoms with E-state index in [9.17, 15) is 43.6 Å². The zero-order chi connectivity index (χ0) is 20.3. The van der Waals surface area contributed by atoms with E-state index in [4.69, 9.17) is 0 Å². The average Bonchev–Trinajstić information content (AvgIpc) is 2.37.